The Morgan fingerprint density at radius 2 is 2.08 bits per heavy atom. The molecule has 2 fully saturated rings. The largest absolute Gasteiger partial charge is 0.465 e. The van der Waals surface area contributed by atoms with E-state index < -0.39 is 17.4 Å². The Bertz CT molecular complexity index is 739. The minimum atomic E-state index is -0.700. The first-order chi connectivity index (χ1) is 11.9. The molecule has 25 heavy (non-hydrogen) atoms. The number of hydrogen-bond acceptors (Lipinski definition) is 4. The quantitative estimate of drug-likeness (QED) is 0.624. The maximum Gasteiger partial charge on any atom is 0.312 e. The highest BCUT2D eigenvalue weighted by atomic mass is 16.6. The van der Waals surface area contributed by atoms with E-state index in [0.29, 0.717) is 13.2 Å². The molecule has 1 spiro atoms. The van der Waals surface area contributed by atoms with Gasteiger partial charge in [-0.1, -0.05) is 43.7 Å². The van der Waals surface area contributed by atoms with Crippen LogP contribution in [-0.4, -0.2) is 36.7 Å². The van der Waals surface area contributed by atoms with Gasteiger partial charge in [0.05, 0.1) is 25.2 Å². The summed E-state index contributed by atoms with van der Waals surface area (Å²) in [6.07, 6.45) is 3.51. The molecule has 3 aliphatic rings. The first-order valence-corrected chi connectivity index (χ1v) is 8.83. The third-order valence-electron chi connectivity index (χ3n) is 5.28. The first-order valence-electron chi connectivity index (χ1n) is 8.83. The topological polar surface area (TPSA) is 55.8 Å². The van der Waals surface area contributed by atoms with Crippen LogP contribution in [0.3, 0.4) is 0 Å². The molecule has 1 amide bonds. The van der Waals surface area contributed by atoms with Crippen molar-refractivity contribution in [3.05, 3.63) is 42.0 Å². The number of amides is 1. The normalized spacial score (nSPS) is 32.6. The fourth-order valence-electron chi connectivity index (χ4n) is 4.06. The van der Waals surface area contributed by atoms with Gasteiger partial charge in [0.1, 0.15) is 11.5 Å². The highest BCUT2D eigenvalue weighted by molar-refractivity contribution is 6.02. The minimum absolute atomic E-state index is 0.0535. The maximum atomic E-state index is 13.1. The number of rotatable bonds is 4. The van der Waals surface area contributed by atoms with E-state index in [1.54, 1.807) is 4.90 Å². The van der Waals surface area contributed by atoms with Crippen molar-refractivity contribution in [1.29, 1.82) is 0 Å². The second-order valence-electron chi connectivity index (χ2n) is 7.68. The second kappa shape index (κ2) is 5.70. The zero-order chi connectivity index (χ0) is 17.8. The van der Waals surface area contributed by atoms with E-state index in [1.165, 1.54) is 0 Å². The summed E-state index contributed by atoms with van der Waals surface area (Å²) in [4.78, 5) is 27.5. The molecule has 2 saturated heterocycles. The van der Waals surface area contributed by atoms with E-state index in [1.807, 2.05) is 57.2 Å². The van der Waals surface area contributed by atoms with Gasteiger partial charge in [-0.05, 0) is 25.0 Å². The van der Waals surface area contributed by atoms with Crippen molar-refractivity contribution in [2.75, 3.05) is 18.1 Å². The number of anilines is 1. The molecule has 0 aromatic heterocycles. The molecular weight excluding hydrogens is 318 g/mol. The number of aryl methyl sites for hydroxylation is 1. The van der Waals surface area contributed by atoms with Gasteiger partial charge in [0.25, 0.3) is 0 Å². The Kier molecular flexibility index (Phi) is 3.72. The van der Waals surface area contributed by atoms with Gasteiger partial charge in [-0.2, -0.15) is 0 Å². The van der Waals surface area contributed by atoms with E-state index >= 15 is 0 Å². The SMILES string of the molecule is Cc1ccc(N2C[C@@]34C=C[C@H](O3)[C@@H](C(=O)OCC(C)C)[C@H]4C2=O)cc1. The highest BCUT2D eigenvalue weighted by Crippen LogP contribution is 2.52. The van der Waals surface area contributed by atoms with Gasteiger partial charge in [0, 0.05) is 5.69 Å². The third kappa shape index (κ3) is 2.49. The molecule has 0 saturated carbocycles. The van der Waals surface area contributed by atoms with Crippen LogP contribution in [0.2, 0.25) is 0 Å². The molecule has 132 valence electrons. The molecule has 3 heterocycles. The maximum absolute atomic E-state index is 13.1. The summed E-state index contributed by atoms with van der Waals surface area (Å²) in [7, 11) is 0. The van der Waals surface area contributed by atoms with Crippen LogP contribution in [0, 0.1) is 24.7 Å². The van der Waals surface area contributed by atoms with Gasteiger partial charge < -0.3 is 14.4 Å². The molecule has 1 aromatic carbocycles. The van der Waals surface area contributed by atoms with Crippen LogP contribution >= 0.6 is 0 Å². The standard InChI is InChI=1S/C20H23NO4/c1-12(2)10-24-19(23)16-15-8-9-20(25-15)11-21(18(22)17(16)20)14-6-4-13(3)5-7-14/h4-9,12,15-17H,10-11H2,1-3H3/t15-,16+,17-,20+/m0/s1. The Morgan fingerprint density at radius 1 is 1.36 bits per heavy atom. The van der Waals surface area contributed by atoms with E-state index in [9.17, 15) is 9.59 Å². The predicted octanol–water partition coefficient (Wildman–Crippen LogP) is 2.48. The van der Waals surface area contributed by atoms with Crippen LogP contribution < -0.4 is 4.90 Å². The Labute approximate surface area is 147 Å². The summed E-state index contributed by atoms with van der Waals surface area (Å²) in [5.41, 5.74) is 1.28. The molecule has 2 bridgehead atoms. The average molecular weight is 341 g/mol. The fraction of sp³-hybridized carbons (Fsp3) is 0.500. The monoisotopic (exact) mass is 341 g/mol. The highest BCUT2D eigenvalue weighted by Gasteiger charge is 2.67. The summed E-state index contributed by atoms with van der Waals surface area (Å²) in [6.45, 7) is 6.80. The van der Waals surface area contributed by atoms with Crippen molar-refractivity contribution in [2.24, 2.45) is 17.8 Å². The van der Waals surface area contributed by atoms with Crippen LogP contribution in [0.4, 0.5) is 5.69 Å². The molecule has 1 aromatic rings. The second-order valence-corrected chi connectivity index (χ2v) is 7.68. The molecule has 3 aliphatic heterocycles. The van der Waals surface area contributed by atoms with Crippen LogP contribution in [0.15, 0.2) is 36.4 Å². The molecule has 0 radical (unpaired) electrons. The average Bonchev–Trinajstić information content (AvgIpc) is 3.22. The number of nitrogens with zero attached hydrogens (tertiary/aromatic N) is 1. The van der Waals surface area contributed by atoms with Crippen molar-refractivity contribution in [3.63, 3.8) is 0 Å². The first kappa shape index (κ1) is 16.3. The van der Waals surface area contributed by atoms with E-state index in [0.717, 1.165) is 11.3 Å². The summed E-state index contributed by atoms with van der Waals surface area (Å²) in [5.74, 6) is -1.16. The molecular formula is C20H23NO4. The van der Waals surface area contributed by atoms with Crippen molar-refractivity contribution in [1.82, 2.24) is 0 Å². The number of benzene rings is 1. The molecule has 4 rings (SSSR count). The van der Waals surface area contributed by atoms with Crippen LogP contribution in [0.5, 0.6) is 0 Å². The van der Waals surface area contributed by atoms with Crippen LogP contribution in [0.25, 0.3) is 0 Å². The zero-order valence-electron chi connectivity index (χ0n) is 14.8. The number of hydrogen-bond donors (Lipinski definition) is 0. The van der Waals surface area contributed by atoms with Gasteiger partial charge in [-0.25, -0.2) is 0 Å². The number of ether oxygens (including phenoxy) is 2. The van der Waals surface area contributed by atoms with Gasteiger partial charge in [0.2, 0.25) is 5.91 Å². The minimum Gasteiger partial charge on any atom is -0.465 e. The lowest BCUT2D eigenvalue weighted by molar-refractivity contribution is -0.153. The summed E-state index contributed by atoms with van der Waals surface area (Å²) in [5, 5.41) is 0. The molecule has 0 unspecified atom stereocenters. The van der Waals surface area contributed by atoms with E-state index in [2.05, 4.69) is 0 Å². The third-order valence-corrected chi connectivity index (χ3v) is 5.28. The lowest BCUT2D eigenvalue weighted by Gasteiger charge is -2.23. The summed E-state index contributed by atoms with van der Waals surface area (Å²) < 4.78 is 11.5. The number of esters is 1. The zero-order valence-corrected chi connectivity index (χ0v) is 14.8. The number of fused-ring (bicyclic) bond motifs is 1. The smallest absolute Gasteiger partial charge is 0.312 e. The van der Waals surface area contributed by atoms with Gasteiger partial charge >= 0.3 is 5.97 Å². The van der Waals surface area contributed by atoms with Crippen molar-refractivity contribution >= 4 is 17.6 Å². The number of carbonyl (C=O) groups excluding carboxylic acids is 2. The lowest BCUT2D eigenvalue weighted by atomic mass is 9.77. The molecule has 0 N–H and O–H groups in total. The Hall–Kier alpha value is -2.14. The van der Waals surface area contributed by atoms with E-state index in [-0.39, 0.29) is 23.9 Å². The molecule has 4 atom stereocenters. The van der Waals surface area contributed by atoms with Crippen molar-refractivity contribution < 1.29 is 19.1 Å². The van der Waals surface area contributed by atoms with E-state index in [4.69, 9.17) is 9.47 Å². The molecule has 0 aliphatic carbocycles. The number of carbonyl (C=O) groups is 2. The Morgan fingerprint density at radius 3 is 2.76 bits per heavy atom. The van der Waals surface area contributed by atoms with Crippen LogP contribution in [0.1, 0.15) is 19.4 Å². The van der Waals surface area contributed by atoms with Gasteiger partial charge in [-0.3, -0.25) is 9.59 Å². The fourth-order valence-corrected chi connectivity index (χ4v) is 4.06. The molecule has 5 heteroatoms. The summed E-state index contributed by atoms with van der Waals surface area (Å²) >= 11 is 0. The van der Waals surface area contributed by atoms with Gasteiger partial charge in [-0.15, -0.1) is 0 Å². The summed E-state index contributed by atoms with van der Waals surface area (Å²) in [6, 6.07) is 7.84. The van der Waals surface area contributed by atoms with Crippen molar-refractivity contribution in [3.8, 4) is 0 Å². The van der Waals surface area contributed by atoms with Crippen LogP contribution in [-0.2, 0) is 19.1 Å². The Balaban J connectivity index is 1.61. The molecule has 5 nitrogen and oxygen atoms in total. The van der Waals surface area contributed by atoms with Crippen molar-refractivity contribution in [2.45, 2.75) is 32.5 Å². The lowest BCUT2D eigenvalue weighted by Crippen LogP contribution is -2.40. The van der Waals surface area contributed by atoms with Gasteiger partial charge in [0.15, 0.2) is 0 Å². The predicted molar refractivity (Wildman–Crippen MR) is 93.1 cm³/mol.